The number of rotatable bonds is 8. The molecule has 0 amide bonds. The predicted molar refractivity (Wildman–Crippen MR) is 131 cm³/mol. The molecule has 3 aromatic rings. The summed E-state index contributed by atoms with van der Waals surface area (Å²) in [6.07, 6.45) is -5.28. The van der Waals surface area contributed by atoms with Crippen molar-refractivity contribution in [2.24, 2.45) is 0 Å². The molecule has 10 heteroatoms. The van der Waals surface area contributed by atoms with E-state index < -0.39 is 46.7 Å². The van der Waals surface area contributed by atoms with Crippen LogP contribution in [0, 0.1) is 6.92 Å². The van der Waals surface area contributed by atoms with Gasteiger partial charge in [-0.3, -0.25) is 4.18 Å². The van der Waals surface area contributed by atoms with Crippen LogP contribution in [0.4, 0.5) is 0 Å². The molecule has 4 atom stereocenters. The summed E-state index contributed by atoms with van der Waals surface area (Å²) in [6.45, 7) is 1.56. The van der Waals surface area contributed by atoms with E-state index in [2.05, 4.69) is 0 Å². The van der Waals surface area contributed by atoms with E-state index in [1.165, 1.54) is 19.2 Å². The summed E-state index contributed by atoms with van der Waals surface area (Å²) in [7, 11) is -3.05. The SMILES string of the molecule is CO[C@H]1OC[C@H](OC(=O)c2ccccc2)[C@@H](OS(=O)(=O)c2ccc(C)cc2)[C@H]1OC(=O)c1ccccc1. The Hall–Kier alpha value is -3.57. The van der Waals surface area contributed by atoms with Crippen molar-refractivity contribution < 1.29 is 41.1 Å². The highest BCUT2D eigenvalue weighted by Gasteiger charge is 2.49. The minimum Gasteiger partial charge on any atom is -0.453 e. The Morgan fingerprint density at radius 3 is 1.86 bits per heavy atom. The Morgan fingerprint density at radius 2 is 1.32 bits per heavy atom. The molecule has 1 fully saturated rings. The molecule has 37 heavy (non-hydrogen) atoms. The number of carbonyl (C=O) groups is 2. The van der Waals surface area contributed by atoms with Crippen LogP contribution in [-0.4, -0.2) is 58.7 Å². The van der Waals surface area contributed by atoms with E-state index in [-0.39, 0.29) is 22.6 Å². The van der Waals surface area contributed by atoms with Crippen LogP contribution in [0.25, 0.3) is 0 Å². The topological polar surface area (TPSA) is 114 Å². The van der Waals surface area contributed by atoms with Gasteiger partial charge >= 0.3 is 11.9 Å². The number of hydrogen-bond acceptors (Lipinski definition) is 9. The Labute approximate surface area is 215 Å². The Balaban J connectivity index is 1.67. The number of methoxy groups -OCH3 is 1. The number of aryl methyl sites for hydroxylation is 1. The lowest BCUT2D eigenvalue weighted by atomic mass is 10.0. The number of esters is 2. The number of ether oxygens (including phenoxy) is 4. The van der Waals surface area contributed by atoms with Crippen LogP contribution in [0.2, 0.25) is 0 Å². The van der Waals surface area contributed by atoms with Gasteiger partial charge in [0, 0.05) is 7.11 Å². The van der Waals surface area contributed by atoms with Gasteiger partial charge in [-0.25, -0.2) is 9.59 Å². The summed E-state index contributed by atoms with van der Waals surface area (Å²) >= 11 is 0. The molecule has 194 valence electrons. The zero-order valence-corrected chi connectivity index (χ0v) is 21.0. The second-order valence-corrected chi connectivity index (χ2v) is 9.88. The van der Waals surface area contributed by atoms with Crippen molar-refractivity contribution >= 4 is 22.1 Å². The normalized spacial score (nSPS) is 21.7. The first-order chi connectivity index (χ1) is 17.8. The average Bonchev–Trinajstić information content (AvgIpc) is 2.91. The molecular weight excluding hydrogens is 500 g/mol. The molecule has 0 N–H and O–H groups in total. The molecule has 1 saturated heterocycles. The maximum Gasteiger partial charge on any atom is 0.338 e. The van der Waals surface area contributed by atoms with Gasteiger partial charge in [0.25, 0.3) is 10.1 Å². The highest BCUT2D eigenvalue weighted by Crippen LogP contribution is 2.29. The number of benzene rings is 3. The molecular formula is C27H26O9S. The molecule has 0 saturated carbocycles. The largest absolute Gasteiger partial charge is 0.453 e. The van der Waals surface area contributed by atoms with Gasteiger partial charge in [0.1, 0.15) is 0 Å². The summed E-state index contributed by atoms with van der Waals surface area (Å²) in [5, 5.41) is 0. The van der Waals surface area contributed by atoms with Crippen LogP contribution in [0.1, 0.15) is 26.3 Å². The van der Waals surface area contributed by atoms with Crippen LogP contribution < -0.4 is 0 Å². The first-order valence-electron chi connectivity index (χ1n) is 11.4. The van der Waals surface area contributed by atoms with E-state index in [0.29, 0.717) is 0 Å². The van der Waals surface area contributed by atoms with Crippen molar-refractivity contribution in [1.29, 1.82) is 0 Å². The second kappa shape index (κ2) is 11.7. The van der Waals surface area contributed by atoms with Gasteiger partial charge in [0.05, 0.1) is 22.6 Å². The van der Waals surface area contributed by atoms with Gasteiger partial charge in [-0.05, 0) is 43.3 Å². The minimum atomic E-state index is -4.37. The summed E-state index contributed by atoms with van der Waals surface area (Å²) in [4.78, 5) is 25.6. The minimum absolute atomic E-state index is 0.111. The number of hydrogen-bond donors (Lipinski definition) is 0. The molecule has 0 bridgehead atoms. The molecule has 1 heterocycles. The van der Waals surface area contributed by atoms with E-state index in [0.717, 1.165) is 5.56 Å². The monoisotopic (exact) mass is 526 g/mol. The lowest BCUT2D eigenvalue weighted by Crippen LogP contribution is -2.58. The van der Waals surface area contributed by atoms with Crippen LogP contribution in [-0.2, 0) is 33.2 Å². The van der Waals surface area contributed by atoms with E-state index >= 15 is 0 Å². The molecule has 0 spiro atoms. The van der Waals surface area contributed by atoms with E-state index in [9.17, 15) is 18.0 Å². The summed E-state index contributed by atoms with van der Waals surface area (Å²) in [5.41, 5.74) is 1.32. The molecule has 0 radical (unpaired) electrons. The zero-order valence-electron chi connectivity index (χ0n) is 20.2. The molecule has 4 rings (SSSR count). The van der Waals surface area contributed by atoms with Gasteiger partial charge in [-0.2, -0.15) is 8.42 Å². The molecule has 3 aromatic carbocycles. The molecule has 0 unspecified atom stereocenters. The molecule has 0 aromatic heterocycles. The van der Waals surface area contributed by atoms with Crippen LogP contribution in [0.15, 0.2) is 89.8 Å². The van der Waals surface area contributed by atoms with Crippen molar-refractivity contribution in [3.8, 4) is 0 Å². The summed E-state index contributed by atoms with van der Waals surface area (Å²) in [6, 6.07) is 22.3. The maximum absolute atomic E-state index is 13.2. The summed E-state index contributed by atoms with van der Waals surface area (Å²) < 4.78 is 54.3. The Morgan fingerprint density at radius 1 is 0.784 bits per heavy atom. The fourth-order valence-corrected chi connectivity index (χ4v) is 4.85. The van der Waals surface area contributed by atoms with Crippen LogP contribution in [0.3, 0.4) is 0 Å². The standard InChI is InChI=1S/C27H26O9S/c1-18-13-15-21(16-14-18)37(30,31)36-23-22(34-25(28)19-9-5-3-6-10-19)17-33-27(32-2)24(23)35-26(29)20-11-7-4-8-12-20/h3-16,22-24,27H,17H2,1-2H3/t22-,23+,24+,27-/m0/s1. The van der Waals surface area contributed by atoms with Crippen molar-refractivity contribution in [1.82, 2.24) is 0 Å². The van der Waals surface area contributed by atoms with E-state index in [4.69, 9.17) is 23.1 Å². The van der Waals surface area contributed by atoms with Crippen LogP contribution >= 0.6 is 0 Å². The van der Waals surface area contributed by atoms with E-state index in [1.807, 2.05) is 6.92 Å². The van der Waals surface area contributed by atoms with Gasteiger partial charge < -0.3 is 18.9 Å². The fourth-order valence-electron chi connectivity index (χ4n) is 3.74. The Kier molecular flexibility index (Phi) is 8.34. The summed E-state index contributed by atoms with van der Waals surface area (Å²) in [5.74, 6) is -1.48. The molecule has 9 nitrogen and oxygen atoms in total. The lowest BCUT2D eigenvalue weighted by molar-refractivity contribution is -0.255. The first-order valence-corrected chi connectivity index (χ1v) is 12.9. The third-order valence-corrected chi connectivity index (χ3v) is 7.01. The van der Waals surface area contributed by atoms with Gasteiger partial charge in [0.2, 0.25) is 0 Å². The predicted octanol–water partition coefficient (Wildman–Crippen LogP) is 3.52. The molecule has 1 aliphatic rings. The van der Waals surface area contributed by atoms with Crippen LogP contribution in [0.5, 0.6) is 0 Å². The smallest absolute Gasteiger partial charge is 0.338 e. The lowest BCUT2D eigenvalue weighted by Gasteiger charge is -2.39. The van der Waals surface area contributed by atoms with Gasteiger partial charge in [0.15, 0.2) is 24.6 Å². The van der Waals surface area contributed by atoms with Crippen molar-refractivity contribution in [3.63, 3.8) is 0 Å². The van der Waals surface area contributed by atoms with Crippen molar-refractivity contribution in [2.75, 3.05) is 13.7 Å². The molecule has 0 aliphatic carbocycles. The average molecular weight is 527 g/mol. The van der Waals surface area contributed by atoms with Crippen molar-refractivity contribution in [3.05, 3.63) is 102 Å². The Bertz CT molecular complexity index is 1310. The van der Waals surface area contributed by atoms with Gasteiger partial charge in [-0.1, -0.05) is 54.1 Å². The van der Waals surface area contributed by atoms with Gasteiger partial charge in [-0.15, -0.1) is 0 Å². The zero-order chi connectivity index (χ0) is 26.4. The quantitative estimate of drug-likeness (QED) is 0.321. The highest BCUT2D eigenvalue weighted by molar-refractivity contribution is 7.86. The highest BCUT2D eigenvalue weighted by atomic mass is 32.2. The third-order valence-electron chi connectivity index (χ3n) is 5.68. The van der Waals surface area contributed by atoms with Crippen molar-refractivity contribution in [2.45, 2.75) is 36.4 Å². The second-order valence-electron chi connectivity index (χ2n) is 8.31. The fraction of sp³-hybridized carbons (Fsp3) is 0.259. The number of carbonyl (C=O) groups excluding carboxylic acids is 2. The molecule has 1 aliphatic heterocycles. The first kappa shape index (κ1) is 26.5. The van der Waals surface area contributed by atoms with E-state index in [1.54, 1.807) is 72.8 Å². The maximum atomic E-state index is 13.2. The third kappa shape index (κ3) is 6.41.